The molecule has 0 aliphatic heterocycles. The van der Waals surface area contributed by atoms with E-state index in [9.17, 15) is 4.79 Å². The Morgan fingerprint density at radius 3 is 2.52 bits per heavy atom. The van der Waals surface area contributed by atoms with Gasteiger partial charge in [-0.1, -0.05) is 11.3 Å². The first kappa shape index (κ1) is 15.5. The van der Waals surface area contributed by atoms with Gasteiger partial charge in [-0.3, -0.25) is 10.1 Å². The molecule has 0 spiro atoms. The van der Waals surface area contributed by atoms with Gasteiger partial charge in [-0.2, -0.15) is 0 Å². The van der Waals surface area contributed by atoms with Crippen LogP contribution in [0.5, 0.6) is 0 Å². The molecule has 2 aromatic heterocycles. The van der Waals surface area contributed by atoms with Gasteiger partial charge in [0.1, 0.15) is 11.0 Å². The number of nitrogens with one attached hydrogen (secondary N) is 1. The molecule has 1 unspecified atom stereocenters. The van der Waals surface area contributed by atoms with Gasteiger partial charge in [-0.05, 0) is 63.2 Å². The maximum absolute atomic E-state index is 12.4. The molecular weight excluding hydrogens is 334 g/mol. The quantitative estimate of drug-likeness (QED) is 0.910. The maximum atomic E-state index is 12.4. The van der Waals surface area contributed by atoms with Gasteiger partial charge >= 0.3 is 0 Å². The fraction of sp³-hybridized carbons (Fsp3) is 0.667. The Labute approximate surface area is 151 Å². The highest BCUT2D eigenvalue weighted by Gasteiger charge is 2.53. The third-order valence-corrected chi connectivity index (χ3v) is 7.58. The summed E-state index contributed by atoms with van der Waals surface area (Å²) in [6.07, 6.45) is 13.2. The summed E-state index contributed by atoms with van der Waals surface area (Å²) in [4.78, 5) is 16.4. The predicted octanol–water partition coefficient (Wildman–Crippen LogP) is 3.40. The van der Waals surface area contributed by atoms with E-state index in [2.05, 4.69) is 20.5 Å². The fourth-order valence-corrected chi connectivity index (χ4v) is 6.67. The molecule has 6 nitrogen and oxygen atoms in total. The van der Waals surface area contributed by atoms with Crippen molar-refractivity contribution < 1.29 is 4.79 Å². The molecule has 1 N–H and O–H groups in total. The monoisotopic (exact) mass is 357 g/mol. The third kappa shape index (κ3) is 2.60. The average molecular weight is 357 g/mol. The number of carbonyl (C=O) groups is 1. The number of amides is 1. The van der Waals surface area contributed by atoms with Crippen LogP contribution in [-0.4, -0.2) is 25.7 Å². The van der Waals surface area contributed by atoms with Gasteiger partial charge in [0.05, 0.1) is 6.33 Å². The lowest BCUT2D eigenvalue weighted by atomic mass is 9.50. The molecular formula is C18H23N5OS. The second-order valence-electron chi connectivity index (χ2n) is 8.29. The third-order valence-electron chi connectivity index (χ3n) is 6.50. The summed E-state index contributed by atoms with van der Waals surface area (Å²) in [7, 11) is 0. The van der Waals surface area contributed by atoms with E-state index in [0.717, 1.165) is 22.8 Å². The first-order chi connectivity index (χ1) is 12.1. The molecule has 4 bridgehead atoms. The number of carbonyl (C=O) groups excluding carboxylic acids is 1. The lowest BCUT2D eigenvalue weighted by molar-refractivity contribution is -0.118. The van der Waals surface area contributed by atoms with E-state index in [-0.39, 0.29) is 17.4 Å². The number of anilines is 1. The largest absolute Gasteiger partial charge is 0.325 e. The summed E-state index contributed by atoms with van der Waals surface area (Å²) in [5, 5.41) is 13.5. The molecule has 0 saturated heterocycles. The Kier molecular flexibility index (Phi) is 3.48. The van der Waals surface area contributed by atoms with E-state index >= 15 is 0 Å². The number of nitrogens with zero attached hydrogens (tertiary/aromatic N) is 4. The predicted molar refractivity (Wildman–Crippen MR) is 95.3 cm³/mol. The van der Waals surface area contributed by atoms with Crippen molar-refractivity contribution in [2.24, 2.45) is 17.8 Å². The Bertz CT molecular complexity index is 748. The first-order valence-electron chi connectivity index (χ1n) is 9.23. The smallest absolute Gasteiger partial charge is 0.249 e. The van der Waals surface area contributed by atoms with Crippen molar-refractivity contribution in [2.75, 3.05) is 5.32 Å². The van der Waals surface area contributed by atoms with Crippen molar-refractivity contribution in [3.8, 4) is 0 Å². The molecule has 4 aliphatic rings. The Morgan fingerprint density at radius 1 is 1.24 bits per heavy atom. The molecule has 2 aromatic rings. The van der Waals surface area contributed by atoms with Crippen LogP contribution in [0.25, 0.3) is 0 Å². The van der Waals surface area contributed by atoms with E-state index in [0.29, 0.717) is 5.13 Å². The van der Waals surface area contributed by atoms with Crippen molar-refractivity contribution in [3.63, 3.8) is 0 Å². The highest BCUT2D eigenvalue weighted by molar-refractivity contribution is 7.15. The molecule has 2 heterocycles. The molecule has 7 heteroatoms. The Balaban J connectivity index is 1.33. The van der Waals surface area contributed by atoms with Crippen molar-refractivity contribution in [1.82, 2.24) is 19.7 Å². The van der Waals surface area contributed by atoms with E-state index in [4.69, 9.17) is 0 Å². The molecule has 1 amide bonds. The number of imidazole rings is 1. The van der Waals surface area contributed by atoms with Gasteiger partial charge in [-0.25, -0.2) is 4.98 Å². The van der Waals surface area contributed by atoms with Gasteiger partial charge in [0.2, 0.25) is 11.0 Å². The fourth-order valence-electron chi connectivity index (χ4n) is 5.70. The first-order valence-corrected chi connectivity index (χ1v) is 10.1. The maximum Gasteiger partial charge on any atom is 0.249 e. The SMILES string of the molecule is CC(C(=O)Nc1nnc(C23CC4CC(CC(C4)C2)C3)s1)n1ccnc1. The summed E-state index contributed by atoms with van der Waals surface area (Å²) >= 11 is 1.59. The van der Waals surface area contributed by atoms with Crippen LogP contribution < -0.4 is 5.32 Å². The van der Waals surface area contributed by atoms with Gasteiger partial charge in [-0.15, -0.1) is 10.2 Å². The molecule has 4 fully saturated rings. The second kappa shape index (κ2) is 5.62. The van der Waals surface area contributed by atoms with Crippen LogP contribution in [0.3, 0.4) is 0 Å². The van der Waals surface area contributed by atoms with Crippen LogP contribution in [-0.2, 0) is 10.2 Å². The Hall–Kier alpha value is -1.76. The zero-order chi connectivity index (χ0) is 17.0. The number of hydrogen-bond acceptors (Lipinski definition) is 5. The summed E-state index contributed by atoms with van der Waals surface area (Å²) in [5.74, 6) is 2.57. The van der Waals surface area contributed by atoms with Crippen molar-refractivity contribution in [1.29, 1.82) is 0 Å². The summed E-state index contributed by atoms with van der Waals surface area (Å²) in [6, 6.07) is -0.311. The minimum Gasteiger partial charge on any atom is -0.325 e. The lowest BCUT2D eigenvalue weighted by Gasteiger charge is -2.55. The minimum atomic E-state index is -0.311. The number of rotatable bonds is 4. The zero-order valence-electron chi connectivity index (χ0n) is 14.4. The lowest BCUT2D eigenvalue weighted by Crippen LogP contribution is -2.48. The standard InChI is InChI=1S/C18H23N5OS/c1-11(23-3-2-19-10-23)15(24)20-17-22-21-16(25-17)18-7-12-4-13(8-18)6-14(5-12)9-18/h2-3,10-14H,4-9H2,1H3,(H,20,22,24). The zero-order valence-corrected chi connectivity index (χ0v) is 15.2. The molecule has 4 saturated carbocycles. The summed E-state index contributed by atoms with van der Waals surface area (Å²) < 4.78 is 1.79. The van der Waals surface area contributed by atoms with Gasteiger partial charge in [0, 0.05) is 17.8 Å². The van der Waals surface area contributed by atoms with Crippen molar-refractivity contribution in [3.05, 3.63) is 23.7 Å². The van der Waals surface area contributed by atoms with Crippen LogP contribution in [0, 0.1) is 17.8 Å². The van der Waals surface area contributed by atoms with Gasteiger partial charge in [0.15, 0.2) is 0 Å². The molecule has 0 aromatic carbocycles. The van der Waals surface area contributed by atoms with Crippen LogP contribution in [0.2, 0.25) is 0 Å². The second-order valence-corrected chi connectivity index (χ2v) is 9.26. The highest BCUT2D eigenvalue weighted by Crippen LogP contribution is 2.61. The molecule has 132 valence electrons. The van der Waals surface area contributed by atoms with E-state index in [1.165, 1.54) is 38.5 Å². The molecule has 6 rings (SSSR count). The van der Waals surface area contributed by atoms with Crippen LogP contribution >= 0.6 is 11.3 Å². The van der Waals surface area contributed by atoms with Gasteiger partial charge < -0.3 is 4.57 Å². The molecule has 1 atom stereocenters. The minimum absolute atomic E-state index is 0.0776. The van der Waals surface area contributed by atoms with Crippen LogP contribution in [0.15, 0.2) is 18.7 Å². The molecule has 25 heavy (non-hydrogen) atoms. The summed E-state index contributed by atoms with van der Waals surface area (Å²) in [5.41, 5.74) is 0.241. The average Bonchev–Trinajstić information content (AvgIpc) is 3.25. The van der Waals surface area contributed by atoms with Crippen LogP contribution in [0.4, 0.5) is 5.13 Å². The van der Waals surface area contributed by atoms with Crippen molar-refractivity contribution >= 4 is 22.4 Å². The molecule has 0 radical (unpaired) electrons. The van der Waals surface area contributed by atoms with E-state index < -0.39 is 0 Å². The molecule has 4 aliphatic carbocycles. The number of hydrogen-bond donors (Lipinski definition) is 1. The Morgan fingerprint density at radius 2 is 1.92 bits per heavy atom. The topological polar surface area (TPSA) is 72.7 Å². The van der Waals surface area contributed by atoms with Gasteiger partial charge in [0.25, 0.3) is 0 Å². The normalized spacial score (nSPS) is 34.2. The van der Waals surface area contributed by atoms with E-state index in [1.807, 2.05) is 6.92 Å². The van der Waals surface area contributed by atoms with E-state index in [1.54, 1.807) is 34.6 Å². The van der Waals surface area contributed by atoms with Crippen LogP contribution in [0.1, 0.15) is 56.5 Å². The summed E-state index contributed by atoms with van der Waals surface area (Å²) in [6.45, 7) is 1.86. The number of aromatic nitrogens is 4. The highest BCUT2D eigenvalue weighted by atomic mass is 32.1. The van der Waals surface area contributed by atoms with Crippen molar-refractivity contribution in [2.45, 2.75) is 56.9 Å².